The summed E-state index contributed by atoms with van der Waals surface area (Å²) in [5.74, 6) is -1.95. The van der Waals surface area contributed by atoms with Crippen LogP contribution in [0, 0.1) is 0 Å². The molecule has 3 aromatic carbocycles. The molecule has 144 valence electrons. The molecule has 0 radical (unpaired) electrons. The zero-order valence-corrected chi connectivity index (χ0v) is 14.3. The Labute approximate surface area is 157 Å². The van der Waals surface area contributed by atoms with Crippen molar-refractivity contribution in [1.29, 1.82) is 0 Å². The molecule has 0 aliphatic rings. The van der Waals surface area contributed by atoms with Crippen molar-refractivity contribution in [3.8, 4) is 5.75 Å². The number of carbonyl (C=O) groups excluding carboxylic acids is 1. The topological polar surface area (TPSA) is 75.6 Å². The summed E-state index contributed by atoms with van der Waals surface area (Å²) in [5.41, 5.74) is -1.06. The van der Waals surface area contributed by atoms with Crippen LogP contribution in [0.2, 0.25) is 0 Å². The first-order chi connectivity index (χ1) is 13.2. The molecule has 0 unspecified atom stereocenters. The highest BCUT2D eigenvalue weighted by molar-refractivity contribution is 5.98. The molecule has 0 fully saturated rings. The molecule has 0 saturated carbocycles. The molecule has 2 N–H and O–H groups in total. The number of alkyl halides is 3. The molecule has 0 aromatic heterocycles. The van der Waals surface area contributed by atoms with E-state index in [0.717, 1.165) is 17.5 Å². The quantitative estimate of drug-likeness (QED) is 0.670. The Kier molecular flexibility index (Phi) is 5.21. The number of nitrogens with one attached hydrogen (secondary N) is 1. The summed E-state index contributed by atoms with van der Waals surface area (Å²) in [6.07, 6.45) is -4.53. The highest BCUT2D eigenvalue weighted by atomic mass is 19.4. The maximum atomic E-state index is 12.7. The Hall–Kier alpha value is -3.55. The summed E-state index contributed by atoms with van der Waals surface area (Å²) in [6, 6.07) is 14.1. The Balaban J connectivity index is 1.74. The van der Waals surface area contributed by atoms with Crippen molar-refractivity contribution in [3.63, 3.8) is 0 Å². The van der Waals surface area contributed by atoms with E-state index in [0.29, 0.717) is 5.39 Å². The number of fused-ring (bicyclic) bond motifs is 1. The van der Waals surface area contributed by atoms with Crippen LogP contribution in [0.25, 0.3) is 10.8 Å². The van der Waals surface area contributed by atoms with Gasteiger partial charge in [-0.1, -0.05) is 30.3 Å². The number of carboxylic acids is 1. The third kappa shape index (κ3) is 4.40. The molecule has 0 heterocycles. The summed E-state index contributed by atoms with van der Waals surface area (Å²) < 4.78 is 43.5. The van der Waals surface area contributed by atoms with Crippen LogP contribution in [0.4, 0.5) is 18.9 Å². The van der Waals surface area contributed by atoms with Crippen LogP contribution >= 0.6 is 0 Å². The normalized spacial score (nSPS) is 11.2. The van der Waals surface area contributed by atoms with Crippen molar-refractivity contribution < 1.29 is 32.6 Å². The van der Waals surface area contributed by atoms with Gasteiger partial charge in [0.05, 0.1) is 5.56 Å². The number of carbonyl (C=O) groups is 2. The minimum Gasteiger partial charge on any atom is -0.483 e. The minimum absolute atomic E-state index is 0.00890. The molecular formula is C20H14F3NO4. The summed E-state index contributed by atoms with van der Waals surface area (Å²) in [4.78, 5) is 23.5. The summed E-state index contributed by atoms with van der Waals surface area (Å²) in [7, 11) is 0. The average molecular weight is 389 g/mol. The largest absolute Gasteiger partial charge is 0.483 e. The lowest BCUT2D eigenvalue weighted by atomic mass is 10.1. The van der Waals surface area contributed by atoms with E-state index in [-0.39, 0.29) is 17.0 Å². The molecule has 0 saturated heterocycles. The predicted molar refractivity (Wildman–Crippen MR) is 96.5 cm³/mol. The van der Waals surface area contributed by atoms with Gasteiger partial charge < -0.3 is 15.2 Å². The van der Waals surface area contributed by atoms with Gasteiger partial charge in [0.1, 0.15) is 11.3 Å². The van der Waals surface area contributed by atoms with Crippen LogP contribution in [0.1, 0.15) is 15.9 Å². The zero-order valence-electron chi connectivity index (χ0n) is 14.3. The molecule has 0 spiro atoms. The van der Waals surface area contributed by atoms with E-state index in [1.54, 1.807) is 24.3 Å². The lowest BCUT2D eigenvalue weighted by Gasteiger charge is -2.12. The number of aromatic carboxylic acids is 1. The molecule has 28 heavy (non-hydrogen) atoms. The monoisotopic (exact) mass is 389 g/mol. The lowest BCUT2D eigenvalue weighted by molar-refractivity contribution is -0.137. The number of carboxylic acid groups (broad SMARTS) is 1. The van der Waals surface area contributed by atoms with Gasteiger partial charge in [0.15, 0.2) is 6.61 Å². The van der Waals surface area contributed by atoms with Crippen molar-refractivity contribution >= 4 is 28.3 Å². The van der Waals surface area contributed by atoms with Gasteiger partial charge in [0, 0.05) is 5.69 Å². The first-order valence-corrected chi connectivity index (χ1v) is 8.10. The summed E-state index contributed by atoms with van der Waals surface area (Å²) in [6.45, 7) is -0.561. The SMILES string of the molecule is O=C(COc1cc2ccccc2cc1C(=O)O)Nc1cccc(C(F)(F)F)c1. The first kappa shape index (κ1) is 19.2. The van der Waals surface area contributed by atoms with Gasteiger partial charge in [-0.05, 0) is 41.1 Å². The Morgan fingerprint density at radius 2 is 1.64 bits per heavy atom. The first-order valence-electron chi connectivity index (χ1n) is 8.10. The Bertz CT molecular complexity index is 1050. The molecule has 0 aliphatic heterocycles. The van der Waals surface area contributed by atoms with Crippen LogP contribution in [0.5, 0.6) is 5.75 Å². The smallest absolute Gasteiger partial charge is 0.416 e. The molecule has 0 atom stereocenters. The molecule has 8 heteroatoms. The third-order valence-corrected chi connectivity index (χ3v) is 3.91. The van der Waals surface area contributed by atoms with Crippen molar-refractivity contribution in [2.24, 2.45) is 0 Å². The second kappa shape index (κ2) is 7.59. The highest BCUT2D eigenvalue weighted by Gasteiger charge is 2.30. The average Bonchev–Trinajstić information content (AvgIpc) is 2.65. The number of hydrogen-bond donors (Lipinski definition) is 2. The van der Waals surface area contributed by atoms with Gasteiger partial charge in [-0.25, -0.2) is 4.79 Å². The fourth-order valence-corrected chi connectivity index (χ4v) is 2.62. The number of hydrogen-bond acceptors (Lipinski definition) is 3. The molecular weight excluding hydrogens is 375 g/mol. The number of amides is 1. The molecule has 0 aliphatic carbocycles. The highest BCUT2D eigenvalue weighted by Crippen LogP contribution is 2.30. The van der Waals surface area contributed by atoms with Gasteiger partial charge in [-0.15, -0.1) is 0 Å². The van der Waals surface area contributed by atoms with Crippen molar-refractivity contribution in [3.05, 3.63) is 71.8 Å². The van der Waals surface area contributed by atoms with Crippen LogP contribution in [0.15, 0.2) is 60.7 Å². The van der Waals surface area contributed by atoms with Gasteiger partial charge in [-0.2, -0.15) is 13.2 Å². The molecule has 3 rings (SSSR count). The van der Waals surface area contributed by atoms with Crippen LogP contribution < -0.4 is 10.1 Å². The van der Waals surface area contributed by atoms with Crippen LogP contribution in [0.3, 0.4) is 0 Å². The molecule has 1 amide bonds. The van der Waals surface area contributed by atoms with Crippen molar-refractivity contribution in [2.75, 3.05) is 11.9 Å². The third-order valence-electron chi connectivity index (χ3n) is 3.91. The van der Waals surface area contributed by atoms with E-state index < -0.39 is 30.2 Å². The van der Waals surface area contributed by atoms with Crippen LogP contribution in [-0.4, -0.2) is 23.6 Å². The number of rotatable bonds is 5. The molecule has 0 bridgehead atoms. The van der Waals surface area contributed by atoms with E-state index >= 15 is 0 Å². The Morgan fingerprint density at radius 1 is 0.964 bits per heavy atom. The van der Waals surface area contributed by atoms with Gasteiger partial charge in [0.2, 0.25) is 0 Å². The second-order valence-electron chi connectivity index (χ2n) is 5.92. The fraction of sp³-hybridized carbons (Fsp3) is 0.100. The van der Waals surface area contributed by atoms with Gasteiger partial charge in [0.25, 0.3) is 5.91 Å². The maximum absolute atomic E-state index is 12.7. The van der Waals surface area contributed by atoms with E-state index in [9.17, 15) is 27.9 Å². The van der Waals surface area contributed by atoms with E-state index in [1.807, 2.05) is 0 Å². The Morgan fingerprint density at radius 3 is 2.29 bits per heavy atom. The summed E-state index contributed by atoms with van der Waals surface area (Å²) >= 11 is 0. The van der Waals surface area contributed by atoms with Gasteiger partial charge in [-0.3, -0.25) is 4.79 Å². The van der Waals surface area contributed by atoms with E-state index in [1.165, 1.54) is 24.3 Å². The van der Waals surface area contributed by atoms with Crippen LogP contribution in [-0.2, 0) is 11.0 Å². The zero-order chi connectivity index (χ0) is 20.3. The second-order valence-corrected chi connectivity index (χ2v) is 5.92. The maximum Gasteiger partial charge on any atom is 0.416 e. The molecule has 3 aromatic rings. The minimum atomic E-state index is -4.53. The number of ether oxygens (including phenoxy) is 1. The van der Waals surface area contributed by atoms with Crippen molar-refractivity contribution in [2.45, 2.75) is 6.18 Å². The van der Waals surface area contributed by atoms with Crippen molar-refractivity contribution in [1.82, 2.24) is 0 Å². The predicted octanol–water partition coefficient (Wildman–Crippen LogP) is 4.57. The van der Waals surface area contributed by atoms with Gasteiger partial charge >= 0.3 is 12.1 Å². The lowest BCUT2D eigenvalue weighted by Crippen LogP contribution is -2.21. The number of anilines is 1. The standard InChI is InChI=1S/C20H14F3NO4/c21-20(22,23)14-6-3-7-15(10-14)24-18(25)11-28-17-9-13-5-2-1-4-12(13)8-16(17)19(26)27/h1-10H,11H2,(H,24,25)(H,26,27). The number of halogens is 3. The number of benzene rings is 3. The fourth-order valence-electron chi connectivity index (χ4n) is 2.62. The molecule has 5 nitrogen and oxygen atoms in total. The van der Waals surface area contributed by atoms with E-state index in [4.69, 9.17) is 4.74 Å². The summed E-state index contributed by atoms with van der Waals surface area (Å²) in [5, 5.41) is 13.1. The van der Waals surface area contributed by atoms with E-state index in [2.05, 4.69) is 5.32 Å².